The molecule has 0 radical (unpaired) electrons. The molecule has 0 aromatic carbocycles. The molecule has 0 aromatic rings. The van der Waals surface area contributed by atoms with Crippen LogP contribution in [0.2, 0.25) is 0 Å². The first kappa shape index (κ1) is 3.97. The normalized spacial score (nSPS) is 23.4. The first-order chi connectivity index (χ1) is 5.72. The highest BCUT2D eigenvalue weighted by Gasteiger charge is 1.97. The van der Waals surface area contributed by atoms with E-state index in [1.165, 1.54) is 6.92 Å². The van der Waals surface area contributed by atoms with E-state index in [-0.39, 0.29) is 6.42 Å². The summed E-state index contributed by atoms with van der Waals surface area (Å²) >= 11 is 0. The second-order valence-corrected chi connectivity index (χ2v) is 2.00. The van der Waals surface area contributed by atoms with Crippen LogP contribution >= 0.6 is 0 Å². The van der Waals surface area contributed by atoms with E-state index in [1.807, 2.05) is 6.92 Å². The molecular weight excluding hydrogens is 112 g/mol. The summed E-state index contributed by atoms with van der Waals surface area (Å²) in [5.41, 5.74) is 0. The zero-order chi connectivity index (χ0) is 10.7. The fraction of sp³-hybridized carbons (Fsp3) is 1.00. The number of hydrogen-bond acceptors (Lipinski definition) is 1. The highest BCUT2D eigenvalue weighted by atomic mass is 16.3. The van der Waals surface area contributed by atoms with Gasteiger partial charge in [0, 0.05) is 5.48 Å². The molecule has 0 fully saturated rings. The van der Waals surface area contributed by atoms with E-state index >= 15 is 0 Å². The topological polar surface area (TPSA) is 20.2 Å². The molecule has 9 heavy (non-hydrogen) atoms. The summed E-state index contributed by atoms with van der Waals surface area (Å²) in [6, 6.07) is 0. The summed E-state index contributed by atoms with van der Waals surface area (Å²) in [6.45, 7) is 3.13. The number of aliphatic hydroxyl groups is 1. The molecule has 56 valence electrons. The van der Waals surface area contributed by atoms with E-state index in [0.29, 0.717) is 6.42 Å². The minimum absolute atomic E-state index is 0.206. The quantitative estimate of drug-likeness (QED) is 0.612. The largest absolute Gasteiger partial charge is 0.393 e. The zero-order valence-corrected chi connectivity index (χ0v) is 6.15. The first-order valence-corrected chi connectivity index (χ1v) is 3.40. The lowest BCUT2D eigenvalue weighted by Gasteiger charge is -2.04. The standard InChI is InChI=1S/C8H18O/c1-3-5-6-7-8(9)4-2/h8-9H,3-7H2,1-2H3/t8-/m0/s1/i4D2,7D2. The lowest BCUT2D eigenvalue weighted by Crippen LogP contribution is -2.02. The van der Waals surface area contributed by atoms with Crippen LogP contribution in [0.5, 0.6) is 0 Å². The van der Waals surface area contributed by atoms with Gasteiger partial charge in [0.2, 0.25) is 0 Å². The molecule has 0 spiro atoms. The highest BCUT2D eigenvalue weighted by Crippen LogP contribution is 2.04. The number of aliphatic hydroxyl groups excluding tert-OH is 1. The van der Waals surface area contributed by atoms with Gasteiger partial charge < -0.3 is 5.11 Å². The van der Waals surface area contributed by atoms with Gasteiger partial charge in [-0.25, -0.2) is 0 Å². The summed E-state index contributed by atoms with van der Waals surface area (Å²) < 4.78 is 29.3. The van der Waals surface area contributed by atoms with E-state index in [2.05, 4.69) is 0 Å². The average Bonchev–Trinajstić information content (AvgIpc) is 1.98. The van der Waals surface area contributed by atoms with Crippen LogP contribution in [0.15, 0.2) is 0 Å². The summed E-state index contributed by atoms with van der Waals surface area (Å²) in [6.07, 6.45) is -3.53. The van der Waals surface area contributed by atoms with Crippen molar-refractivity contribution in [2.24, 2.45) is 0 Å². The number of hydrogen-bond donors (Lipinski definition) is 1. The van der Waals surface area contributed by atoms with Crippen molar-refractivity contribution >= 4 is 0 Å². The zero-order valence-electron chi connectivity index (χ0n) is 10.1. The Morgan fingerprint density at radius 1 is 1.44 bits per heavy atom. The molecule has 0 saturated carbocycles. The lowest BCUT2D eigenvalue weighted by atomic mass is 10.1. The Kier molecular flexibility index (Phi) is 2.68. The maximum Gasteiger partial charge on any atom is 0.0537 e. The van der Waals surface area contributed by atoms with Crippen molar-refractivity contribution in [3.63, 3.8) is 0 Å². The molecule has 0 rings (SSSR count). The predicted octanol–water partition coefficient (Wildman–Crippen LogP) is 2.34. The van der Waals surface area contributed by atoms with Gasteiger partial charge in [0.1, 0.15) is 0 Å². The van der Waals surface area contributed by atoms with Crippen LogP contribution in [-0.4, -0.2) is 11.2 Å². The Labute approximate surface area is 63.7 Å². The molecule has 1 N–H and O–H groups in total. The van der Waals surface area contributed by atoms with Gasteiger partial charge in [-0.3, -0.25) is 0 Å². The monoisotopic (exact) mass is 134 g/mol. The lowest BCUT2D eigenvalue weighted by molar-refractivity contribution is 0.156. The van der Waals surface area contributed by atoms with Crippen molar-refractivity contribution in [2.45, 2.75) is 52.0 Å². The number of rotatable bonds is 5. The van der Waals surface area contributed by atoms with Gasteiger partial charge in [0.25, 0.3) is 0 Å². The molecule has 0 bridgehead atoms. The smallest absolute Gasteiger partial charge is 0.0537 e. The molecule has 0 heterocycles. The SMILES string of the molecule is [2H]C([2H])(C)[C@H](O)C([2H])([2H])CCCC. The second-order valence-electron chi connectivity index (χ2n) is 2.00. The van der Waals surface area contributed by atoms with E-state index < -0.39 is 18.8 Å². The van der Waals surface area contributed by atoms with Crippen LogP contribution in [0.1, 0.15) is 51.3 Å². The van der Waals surface area contributed by atoms with Gasteiger partial charge in [0.05, 0.1) is 6.10 Å². The van der Waals surface area contributed by atoms with Crippen molar-refractivity contribution in [1.29, 1.82) is 0 Å². The minimum Gasteiger partial charge on any atom is -0.393 e. The maximum atomic E-state index is 9.39. The Morgan fingerprint density at radius 2 is 2.11 bits per heavy atom. The van der Waals surface area contributed by atoms with Gasteiger partial charge in [-0.2, -0.15) is 0 Å². The molecule has 0 amide bonds. The third-order valence-electron chi connectivity index (χ3n) is 1.14. The highest BCUT2D eigenvalue weighted by molar-refractivity contribution is 4.51. The Morgan fingerprint density at radius 3 is 2.56 bits per heavy atom. The molecular formula is C8H18O. The molecule has 0 aliphatic heterocycles. The van der Waals surface area contributed by atoms with Crippen molar-refractivity contribution < 1.29 is 10.6 Å². The molecule has 0 unspecified atom stereocenters. The van der Waals surface area contributed by atoms with Gasteiger partial charge in [-0.15, -0.1) is 0 Å². The molecule has 1 atom stereocenters. The maximum absolute atomic E-state index is 9.39. The average molecular weight is 134 g/mol. The summed E-state index contributed by atoms with van der Waals surface area (Å²) in [5.74, 6) is 0. The van der Waals surface area contributed by atoms with Crippen LogP contribution in [-0.2, 0) is 0 Å². The van der Waals surface area contributed by atoms with Crippen molar-refractivity contribution in [3.05, 3.63) is 0 Å². The molecule has 0 aliphatic rings. The minimum atomic E-state index is -1.88. The van der Waals surface area contributed by atoms with Crippen LogP contribution < -0.4 is 0 Å². The van der Waals surface area contributed by atoms with E-state index in [0.717, 1.165) is 6.42 Å². The van der Waals surface area contributed by atoms with Gasteiger partial charge in [-0.05, 0) is 12.7 Å². The molecule has 1 nitrogen and oxygen atoms in total. The van der Waals surface area contributed by atoms with Crippen LogP contribution in [0, 0.1) is 0 Å². The molecule has 0 saturated heterocycles. The fourth-order valence-electron chi connectivity index (χ4n) is 0.518. The number of unbranched alkanes of at least 4 members (excludes halogenated alkanes) is 1. The van der Waals surface area contributed by atoms with E-state index in [1.54, 1.807) is 0 Å². The summed E-state index contributed by atoms with van der Waals surface area (Å²) in [7, 11) is 0. The van der Waals surface area contributed by atoms with Gasteiger partial charge in [0.15, 0.2) is 0 Å². The predicted molar refractivity (Wildman–Crippen MR) is 40.4 cm³/mol. The summed E-state index contributed by atoms with van der Waals surface area (Å²) in [4.78, 5) is 0. The van der Waals surface area contributed by atoms with E-state index in [4.69, 9.17) is 5.48 Å². The van der Waals surface area contributed by atoms with Gasteiger partial charge >= 0.3 is 0 Å². The first-order valence-electron chi connectivity index (χ1n) is 5.40. The van der Waals surface area contributed by atoms with Crippen molar-refractivity contribution in [2.75, 3.05) is 0 Å². The molecule has 0 aromatic heterocycles. The third kappa shape index (κ3) is 5.84. The van der Waals surface area contributed by atoms with Crippen molar-refractivity contribution in [3.8, 4) is 0 Å². The van der Waals surface area contributed by atoms with Gasteiger partial charge in [-0.1, -0.05) is 33.1 Å². The van der Waals surface area contributed by atoms with E-state index in [9.17, 15) is 5.11 Å². The van der Waals surface area contributed by atoms with Crippen LogP contribution in [0.3, 0.4) is 0 Å². The Hall–Kier alpha value is -0.0400. The van der Waals surface area contributed by atoms with Crippen molar-refractivity contribution in [1.82, 2.24) is 0 Å². The molecule has 0 aliphatic carbocycles. The second kappa shape index (κ2) is 6.09. The molecule has 1 heteroatoms. The van der Waals surface area contributed by atoms with Crippen LogP contribution in [0.4, 0.5) is 0 Å². The Balaban J connectivity index is 4.27. The summed E-state index contributed by atoms with van der Waals surface area (Å²) in [5, 5.41) is 9.39. The van der Waals surface area contributed by atoms with Crippen LogP contribution in [0.25, 0.3) is 0 Å². The third-order valence-corrected chi connectivity index (χ3v) is 1.14. The Bertz CT molecular complexity index is 153. The fourth-order valence-corrected chi connectivity index (χ4v) is 0.518.